The fraction of sp³-hybridized carbons (Fsp3) is 0.231. The number of hydrogen-bond donors (Lipinski definition) is 2. The lowest BCUT2D eigenvalue weighted by Gasteiger charge is -2.18. The molecule has 2 amide bonds. The Labute approximate surface area is 183 Å². The maximum atomic E-state index is 13.0. The molecule has 5 nitrogen and oxygen atoms in total. The first-order valence-corrected chi connectivity index (χ1v) is 10.8. The molecule has 31 heavy (non-hydrogen) atoms. The summed E-state index contributed by atoms with van der Waals surface area (Å²) in [5.41, 5.74) is 5.57. The fourth-order valence-corrected chi connectivity index (χ4v) is 3.90. The Kier molecular flexibility index (Phi) is 6.32. The van der Waals surface area contributed by atoms with E-state index in [-0.39, 0.29) is 18.4 Å². The van der Waals surface area contributed by atoms with Crippen LogP contribution in [0.4, 0.5) is 17.1 Å². The van der Waals surface area contributed by atoms with Crippen molar-refractivity contribution in [2.24, 2.45) is 0 Å². The molecule has 3 aromatic rings. The highest BCUT2D eigenvalue weighted by Gasteiger charge is 2.25. The molecule has 2 N–H and O–H groups in total. The Balaban J connectivity index is 1.35. The van der Waals surface area contributed by atoms with Gasteiger partial charge >= 0.3 is 0 Å². The van der Waals surface area contributed by atoms with Gasteiger partial charge in [-0.15, -0.1) is 0 Å². The second-order valence-corrected chi connectivity index (χ2v) is 7.76. The number of nitrogens with zero attached hydrogens (tertiary/aromatic N) is 1. The highest BCUT2D eigenvalue weighted by atomic mass is 16.2. The molecule has 0 fully saturated rings. The lowest BCUT2D eigenvalue weighted by Crippen LogP contribution is -2.29. The van der Waals surface area contributed by atoms with Gasteiger partial charge in [0.15, 0.2) is 0 Å². The molecule has 5 heteroatoms. The molecule has 0 aliphatic carbocycles. The van der Waals surface area contributed by atoms with Crippen molar-refractivity contribution >= 4 is 28.9 Å². The van der Waals surface area contributed by atoms with Crippen LogP contribution in [0.5, 0.6) is 0 Å². The third kappa shape index (κ3) is 4.94. The number of fused-ring (bicyclic) bond motifs is 1. The van der Waals surface area contributed by atoms with Crippen molar-refractivity contribution in [1.82, 2.24) is 0 Å². The Morgan fingerprint density at radius 3 is 2.55 bits per heavy atom. The van der Waals surface area contributed by atoms with E-state index in [0.29, 0.717) is 12.1 Å². The lowest BCUT2D eigenvalue weighted by atomic mass is 10.1. The van der Waals surface area contributed by atoms with Crippen LogP contribution >= 0.6 is 0 Å². The third-order valence-electron chi connectivity index (χ3n) is 5.47. The molecule has 158 valence electrons. The van der Waals surface area contributed by atoms with Crippen LogP contribution in [0.25, 0.3) is 0 Å². The second-order valence-electron chi connectivity index (χ2n) is 7.76. The molecule has 1 aliphatic rings. The highest BCUT2D eigenvalue weighted by Crippen LogP contribution is 2.29. The van der Waals surface area contributed by atoms with Gasteiger partial charge in [0.25, 0.3) is 5.91 Å². The van der Waals surface area contributed by atoms with Gasteiger partial charge in [0, 0.05) is 29.2 Å². The van der Waals surface area contributed by atoms with E-state index in [1.165, 1.54) is 11.1 Å². The minimum absolute atomic E-state index is 0.0229. The highest BCUT2D eigenvalue weighted by molar-refractivity contribution is 6.07. The Morgan fingerprint density at radius 2 is 1.74 bits per heavy atom. The molecule has 0 saturated heterocycles. The Morgan fingerprint density at radius 1 is 0.935 bits per heavy atom. The van der Waals surface area contributed by atoms with Gasteiger partial charge in [0.2, 0.25) is 5.91 Å². The van der Waals surface area contributed by atoms with Crippen molar-refractivity contribution in [2.75, 3.05) is 28.6 Å². The number of rotatable bonds is 7. The van der Waals surface area contributed by atoms with Crippen LogP contribution in [-0.2, 0) is 17.6 Å². The van der Waals surface area contributed by atoms with E-state index in [1.54, 1.807) is 6.07 Å². The number of anilines is 3. The zero-order valence-electron chi connectivity index (χ0n) is 17.7. The van der Waals surface area contributed by atoms with Gasteiger partial charge in [0.1, 0.15) is 0 Å². The number of amides is 2. The predicted octanol–water partition coefficient (Wildman–Crippen LogP) is 4.89. The molecule has 0 spiro atoms. The van der Waals surface area contributed by atoms with Crippen molar-refractivity contribution in [3.05, 3.63) is 89.5 Å². The number of nitrogens with one attached hydrogen (secondary N) is 2. The van der Waals surface area contributed by atoms with Crippen molar-refractivity contribution in [1.29, 1.82) is 0 Å². The maximum absolute atomic E-state index is 13.0. The average Bonchev–Trinajstić information content (AvgIpc) is 3.23. The summed E-state index contributed by atoms with van der Waals surface area (Å²) in [6, 6.07) is 23.3. The fourth-order valence-electron chi connectivity index (χ4n) is 3.90. The molecule has 1 aliphatic heterocycles. The van der Waals surface area contributed by atoms with Gasteiger partial charge in [-0.2, -0.15) is 0 Å². The van der Waals surface area contributed by atoms with E-state index in [2.05, 4.69) is 23.6 Å². The van der Waals surface area contributed by atoms with Crippen LogP contribution in [0.1, 0.15) is 34.8 Å². The van der Waals surface area contributed by atoms with E-state index in [0.717, 1.165) is 36.3 Å². The number of benzene rings is 3. The summed E-state index contributed by atoms with van der Waals surface area (Å²) < 4.78 is 0. The summed E-state index contributed by atoms with van der Waals surface area (Å²) in [4.78, 5) is 27.2. The Hall–Kier alpha value is -3.60. The molecule has 0 saturated carbocycles. The van der Waals surface area contributed by atoms with Gasteiger partial charge in [-0.1, -0.05) is 49.7 Å². The third-order valence-corrected chi connectivity index (χ3v) is 5.47. The van der Waals surface area contributed by atoms with Crippen LogP contribution in [0, 0.1) is 0 Å². The van der Waals surface area contributed by atoms with Crippen molar-refractivity contribution in [2.45, 2.75) is 26.2 Å². The molecule has 4 rings (SSSR count). The molecule has 0 atom stereocenters. The minimum atomic E-state index is -0.131. The Bertz CT molecular complexity index is 1080. The van der Waals surface area contributed by atoms with E-state index in [1.807, 2.05) is 65.6 Å². The summed E-state index contributed by atoms with van der Waals surface area (Å²) in [6.07, 6.45) is 3.01. The quantitative estimate of drug-likeness (QED) is 0.580. The van der Waals surface area contributed by atoms with Crippen LogP contribution < -0.4 is 15.5 Å². The molecule has 0 aromatic heterocycles. The lowest BCUT2D eigenvalue weighted by molar-refractivity contribution is -0.114. The molecule has 3 aromatic carbocycles. The van der Waals surface area contributed by atoms with Gasteiger partial charge < -0.3 is 15.5 Å². The van der Waals surface area contributed by atoms with E-state index in [4.69, 9.17) is 0 Å². The summed E-state index contributed by atoms with van der Waals surface area (Å²) in [7, 11) is 0. The largest absolute Gasteiger partial charge is 0.376 e. The molecule has 0 bridgehead atoms. The number of carbonyl (C=O) groups excluding carboxylic acids is 2. The van der Waals surface area contributed by atoms with Gasteiger partial charge in [-0.25, -0.2) is 0 Å². The number of para-hydroxylation sites is 1. The number of hydrogen-bond acceptors (Lipinski definition) is 3. The number of aryl methyl sites for hydroxylation is 1. The number of carbonyl (C=O) groups is 2. The van der Waals surface area contributed by atoms with Crippen LogP contribution in [-0.4, -0.2) is 24.9 Å². The normalized spacial score (nSPS) is 12.4. The monoisotopic (exact) mass is 413 g/mol. The molecular weight excluding hydrogens is 386 g/mol. The molecular formula is C26H27N3O2. The zero-order valence-corrected chi connectivity index (χ0v) is 17.7. The smallest absolute Gasteiger partial charge is 0.258 e. The maximum Gasteiger partial charge on any atom is 0.258 e. The van der Waals surface area contributed by atoms with Gasteiger partial charge in [-0.3, -0.25) is 9.59 Å². The van der Waals surface area contributed by atoms with Crippen molar-refractivity contribution in [3.8, 4) is 0 Å². The first kappa shape index (κ1) is 20.7. The zero-order chi connectivity index (χ0) is 21.6. The van der Waals surface area contributed by atoms with E-state index in [9.17, 15) is 9.59 Å². The second kappa shape index (κ2) is 9.47. The standard InChI is InChI=1S/C26H27N3O2/c1-2-6-19-11-13-22(14-12-19)28-25(30)18-27-23-9-5-8-21(17-23)26(31)29-16-15-20-7-3-4-10-24(20)29/h3-5,7-14,17,27H,2,6,15-16,18H2,1H3,(H,28,30). The molecule has 1 heterocycles. The van der Waals surface area contributed by atoms with Gasteiger partial charge in [-0.05, 0) is 60.4 Å². The summed E-state index contributed by atoms with van der Waals surface area (Å²) in [6.45, 7) is 2.96. The molecule has 0 unspecified atom stereocenters. The average molecular weight is 414 g/mol. The van der Waals surface area contributed by atoms with Crippen LogP contribution in [0.2, 0.25) is 0 Å². The summed E-state index contributed by atoms with van der Waals surface area (Å²) >= 11 is 0. The summed E-state index contributed by atoms with van der Waals surface area (Å²) in [5, 5.41) is 6.02. The van der Waals surface area contributed by atoms with Crippen LogP contribution in [0.15, 0.2) is 72.8 Å². The van der Waals surface area contributed by atoms with E-state index >= 15 is 0 Å². The topological polar surface area (TPSA) is 61.4 Å². The first-order valence-electron chi connectivity index (χ1n) is 10.8. The van der Waals surface area contributed by atoms with Crippen LogP contribution in [0.3, 0.4) is 0 Å². The SMILES string of the molecule is CCCc1ccc(NC(=O)CNc2cccc(C(=O)N3CCc4ccccc43)c2)cc1. The van der Waals surface area contributed by atoms with Gasteiger partial charge in [0.05, 0.1) is 6.54 Å². The molecule has 0 radical (unpaired) electrons. The summed E-state index contributed by atoms with van der Waals surface area (Å²) in [5.74, 6) is -0.154. The van der Waals surface area contributed by atoms with E-state index < -0.39 is 0 Å². The minimum Gasteiger partial charge on any atom is -0.376 e. The van der Waals surface area contributed by atoms with Crippen molar-refractivity contribution < 1.29 is 9.59 Å². The predicted molar refractivity (Wildman–Crippen MR) is 126 cm³/mol. The first-order chi connectivity index (χ1) is 15.1. The van der Waals surface area contributed by atoms with Crippen molar-refractivity contribution in [3.63, 3.8) is 0 Å².